The average Bonchev–Trinajstić information content (AvgIpc) is 1.72. The molecule has 0 rings (SSSR count). The van der Waals surface area contributed by atoms with Gasteiger partial charge in [0.1, 0.15) is 0 Å². The summed E-state index contributed by atoms with van der Waals surface area (Å²) in [5, 5.41) is 0. The van der Waals surface area contributed by atoms with E-state index in [0.29, 0.717) is 0 Å². The maximum atomic E-state index is 3.53. The molecule has 0 aromatic rings. The number of rotatable bonds is 1. The van der Waals surface area contributed by atoms with Crippen LogP contribution in [0.1, 0.15) is 7.43 Å². The van der Waals surface area contributed by atoms with Gasteiger partial charge in [0, 0.05) is 0 Å². The van der Waals surface area contributed by atoms with Crippen LogP contribution in [0.2, 0.25) is 0 Å². The minimum atomic E-state index is 0. The summed E-state index contributed by atoms with van der Waals surface area (Å²) in [7, 11) is 3.55. The number of hydrogen-bond acceptors (Lipinski definition) is 3. The third kappa shape index (κ3) is 42.8. The molecule has 0 saturated carbocycles. The van der Waals surface area contributed by atoms with Gasteiger partial charge in [-0.15, -0.1) is 0 Å². The van der Waals surface area contributed by atoms with Gasteiger partial charge in [-0.2, -0.15) is 12.6 Å². The lowest BCUT2D eigenvalue weighted by molar-refractivity contribution is 2.50. The summed E-state index contributed by atoms with van der Waals surface area (Å²) < 4.78 is 0. The maximum absolute atomic E-state index is 3.53. The normalized spacial score (nSPS) is 5.14. The van der Waals surface area contributed by atoms with Crippen LogP contribution < -0.4 is 0 Å². The van der Waals surface area contributed by atoms with Crippen LogP contribution in [0, 0.1) is 0 Å². The minimum Gasteiger partial charge on any atom is -0.183 e. The van der Waals surface area contributed by atoms with Crippen molar-refractivity contribution in [2.45, 2.75) is 7.43 Å². The van der Waals surface area contributed by atoms with Gasteiger partial charge in [0.15, 0.2) is 0 Å². The summed E-state index contributed by atoms with van der Waals surface area (Å²) in [6, 6.07) is 0. The molecule has 0 unspecified atom stereocenters. The Morgan fingerprint density at radius 1 is 1.00 bits per heavy atom. The molecule has 0 N–H and O–H groups in total. The van der Waals surface area contributed by atoms with E-state index >= 15 is 0 Å². The topological polar surface area (TPSA) is 0 Å². The van der Waals surface area contributed by atoms with E-state index in [-0.39, 0.29) is 7.43 Å². The average molecular weight is 158 g/mol. The van der Waals surface area contributed by atoms with E-state index in [9.17, 15) is 0 Å². The zero-order valence-electron chi connectivity index (χ0n) is 4.26. The summed E-state index contributed by atoms with van der Waals surface area (Å²) in [4.78, 5) is 0. The van der Waals surface area contributed by atoms with Crippen molar-refractivity contribution in [3.05, 3.63) is 0 Å². The van der Waals surface area contributed by atoms with Crippen molar-refractivity contribution in [1.29, 1.82) is 0 Å². The molecule has 0 fully saturated rings. The lowest BCUT2D eigenvalue weighted by Crippen LogP contribution is -1.28. The molecule has 0 atom stereocenters. The SMILES string of the molecule is C.CS.CSSC. The molecule has 0 radical (unpaired) electrons. The van der Waals surface area contributed by atoms with Crippen LogP contribution in [-0.4, -0.2) is 18.8 Å². The molecule has 7 heavy (non-hydrogen) atoms. The molecule has 0 amide bonds. The summed E-state index contributed by atoms with van der Waals surface area (Å²) in [5.41, 5.74) is 0. The Balaban J connectivity index is -0.0000000480. The smallest absolute Gasteiger partial charge is 0.00793 e. The fourth-order valence-electron chi connectivity index (χ4n) is 0. The highest BCUT2D eigenvalue weighted by molar-refractivity contribution is 8.76. The molecule has 0 heterocycles. The van der Waals surface area contributed by atoms with Crippen LogP contribution in [0.25, 0.3) is 0 Å². The van der Waals surface area contributed by atoms with E-state index in [1.807, 2.05) is 0 Å². The Morgan fingerprint density at radius 3 is 1.14 bits per heavy atom. The minimum absolute atomic E-state index is 0. The monoisotopic (exact) mass is 158 g/mol. The molecule has 0 aromatic heterocycles. The Bertz CT molecular complexity index is 8.90. The fourth-order valence-corrected chi connectivity index (χ4v) is 0. The van der Waals surface area contributed by atoms with E-state index in [2.05, 4.69) is 25.1 Å². The van der Waals surface area contributed by atoms with Crippen molar-refractivity contribution in [2.75, 3.05) is 18.8 Å². The highest BCUT2D eigenvalue weighted by atomic mass is 33.1. The summed E-state index contributed by atoms with van der Waals surface area (Å²) in [6.45, 7) is 0. The number of hydrogen-bond donors (Lipinski definition) is 1. The van der Waals surface area contributed by atoms with Gasteiger partial charge >= 0.3 is 0 Å². The van der Waals surface area contributed by atoms with Crippen LogP contribution in [0.3, 0.4) is 0 Å². The predicted octanol–water partition coefficient (Wildman–Crippen LogP) is 2.81. The van der Waals surface area contributed by atoms with Gasteiger partial charge in [0.2, 0.25) is 0 Å². The van der Waals surface area contributed by atoms with Crippen molar-refractivity contribution in [3.8, 4) is 0 Å². The standard InChI is InChI=1S/C2H6S2.CH4S.CH4/c1-3-4-2;1-2;/h1-2H3;2H,1H3;1H4. The Morgan fingerprint density at radius 2 is 1.14 bits per heavy atom. The van der Waals surface area contributed by atoms with Gasteiger partial charge in [-0.3, -0.25) is 0 Å². The zero-order chi connectivity index (χ0) is 5.41. The molecule has 0 saturated heterocycles. The first-order chi connectivity index (χ1) is 2.91. The van der Waals surface area contributed by atoms with Crippen LogP contribution >= 0.6 is 34.2 Å². The Hall–Kier alpha value is 1.05. The summed E-state index contributed by atoms with van der Waals surface area (Å²) in [5.74, 6) is 0. The van der Waals surface area contributed by atoms with Crippen LogP contribution in [0.15, 0.2) is 0 Å². The van der Waals surface area contributed by atoms with Crippen LogP contribution in [0.4, 0.5) is 0 Å². The molecule has 0 aliphatic rings. The lowest BCUT2D eigenvalue weighted by Gasteiger charge is -1.69. The molecule has 0 aliphatic heterocycles. The first-order valence-electron chi connectivity index (χ1n) is 1.43. The van der Waals surface area contributed by atoms with E-state index in [1.165, 1.54) is 0 Å². The van der Waals surface area contributed by atoms with E-state index in [4.69, 9.17) is 0 Å². The number of thiol groups is 1. The molecule has 3 heteroatoms. The van der Waals surface area contributed by atoms with E-state index in [0.717, 1.165) is 0 Å². The van der Waals surface area contributed by atoms with E-state index < -0.39 is 0 Å². The maximum Gasteiger partial charge on any atom is -0.00793 e. The molecule has 0 spiro atoms. The first-order valence-corrected chi connectivity index (χ1v) is 5.29. The van der Waals surface area contributed by atoms with Gasteiger partial charge in [0.25, 0.3) is 0 Å². The third-order valence-electron chi connectivity index (χ3n) is 0.167. The molecule has 0 aliphatic carbocycles. The van der Waals surface area contributed by atoms with Crippen molar-refractivity contribution in [2.24, 2.45) is 0 Å². The molecule has 0 bridgehead atoms. The largest absolute Gasteiger partial charge is 0.183 e. The second kappa shape index (κ2) is 27.7. The second-order valence-corrected chi connectivity index (χ2v) is 3.00. The molecular weight excluding hydrogens is 144 g/mol. The zero-order valence-corrected chi connectivity index (χ0v) is 6.79. The van der Waals surface area contributed by atoms with Crippen LogP contribution in [0.5, 0.6) is 0 Å². The Kier molecular flexibility index (Phi) is 62.2. The first kappa shape index (κ1) is 15.7. The van der Waals surface area contributed by atoms with Gasteiger partial charge in [-0.25, -0.2) is 0 Å². The highest BCUT2D eigenvalue weighted by Crippen LogP contribution is 2.09. The molecule has 0 nitrogen and oxygen atoms in total. The van der Waals surface area contributed by atoms with Crippen molar-refractivity contribution < 1.29 is 0 Å². The lowest BCUT2D eigenvalue weighted by atomic mass is 12.0. The predicted molar refractivity (Wildman–Crippen MR) is 48.7 cm³/mol. The Labute approximate surface area is 60.6 Å². The molecular formula is C4H14S3. The van der Waals surface area contributed by atoms with Crippen LogP contribution in [-0.2, 0) is 0 Å². The highest BCUT2D eigenvalue weighted by Gasteiger charge is 1.55. The van der Waals surface area contributed by atoms with Crippen molar-refractivity contribution in [1.82, 2.24) is 0 Å². The summed E-state index contributed by atoms with van der Waals surface area (Å²) in [6.07, 6.45) is 5.81. The van der Waals surface area contributed by atoms with Gasteiger partial charge < -0.3 is 0 Å². The second-order valence-electron chi connectivity index (χ2n) is 0.333. The summed E-state index contributed by atoms with van der Waals surface area (Å²) >= 11 is 3.53. The van der Waals surface area contributed by atoms with Crippen molar-refractivity contribution in [3.63, 3.8) is 0 Å². The fraction of sp³-hybridized carbons (Fsp3) is 1.00. The van der Waals surface area contributed by atoms with E-state index in [1.54, 1.807) is 27.8 Å². The van der Waals surface area contributed by atoms with Gasteiger partial charge in [-0.05, 0) is 18.8 Å². The van der Waals surface area contributed by atoms with Crippen molar-refractivity contribution >= 4 is 34.2 Å². The molecule has 0 aromatic carbocycles. The quantitative estimate of drug-likeness (QED) is 0.460. The molecule has 48 valence electrons. The third-order valence-corrected chi connectivity index (χ3v) is 1.50. The van der Waals surface area contributed by atoms with Gasteiger partial charge in [0.05, 0.1) is 0 Å². The van der Waals surface area contributed by atoms with Gasteiger partial charge in [-0.1, -0.05) is 29.0 Å².